The van der Waals surface area contributed by atoms with Gasteiger partial charge < -0.3 is 4.74 Å². The van der Waals surface area contributed by atoms with Crippen molar-refractivity contribution in [2.24, 2.45) is 0 Å². The molecule has 0 saturated heterocycles. The van der Waals surface area contributed by atoms with Gasteiger partial charge >= 0.3 is 12.1 Å². The van der Waals surface area contributed by atoms with Gasteiger partial charge in [-0.2, -0.15) is 13.2 Å². The smallest absolute Gasteiger partial charge is 0.416 e. The average Bonchev–Trinajstić information content (AvgIpc) is 3.20. The highest BCUT2D eigenvalue weighted by Crippen LogP contribution is 2.31. The molecule has 0 aliphatic carbocycles. The number of aromatic nitrogens is 1. The summed E-state index contributed by atoms with van der Waals surface area (Å²) in [4.78, 5) is 29.3. The number of amides is 1. The van der Waals surface area contributed by atoms with E-state index < -0.39 is 29.4 Å². The molecule has 0 spiro atoms. The Morgan fingerprint density at radius 3 is 2.59 bits per heavy atom. The van der Waals surface area contributed by atoms with Crippen LogP contribution in [0.25, 0.3) is 6.08 Å². The summed E-state index contributed by atoms with van der Waals surface area (Å²) in [6, 6.07) is 10.2. The first-order valence-corrected chi connectivity index (χ1v) is 10.0. The molecule has 0 radical (unpaired) electrons. The van der Waals surface area contributed by atoms with E-state index in [1.54, 1.807) is 11.4 Å². The molecular weight excluding hydrogens is 448 g/mol. The van der Waals surface area contributed by atoms with Crippen LogP contribution in [0.2, 0.25) is 0 Å². The van der Waals surface area contributed by atoms with Crippen molar-refractivity contribution < 1.29 is 31.9 Å². The predicted molar refractivity (Wildman–Crippen MR) is 112 cm³/mol. The number of anilines is 2. The van der Waals surface area contributed by atoms with Gasteiger partial charge in [-0.3, -0.25) is 9.69 Å². The van der Waals surface area contributed by atoms with Gasteiger partial charge in [0.2, 0.25) is 5.91 Å². The van der Waals surface area contributed by atoms with E-state index in [2.05, 4.69) is 4.98 Å². The topological polar surface area (TPSA) is 59.5 Å². The Morgan fingerprint density at radius 1 is 1.16 bits per heavy atom. The summed E-state index contributed by atoms with van der Waals surface area (Å²) in [6.45, 7) is 1.04. The molecule has 0 N–H and O–H groups in total. The van der Waals surface area contributed by atoms with Crippen LogP contribution in [0.3, 0.4) is 0 Å². The molecule has 0 aliphatic rings. The van der Waals surface area contributed by atoms with E-state index in [-0.39, 0.29) is 23.0 Å². The van der Waals surface area contributed by atoms with Crippen LogP contribution in [-0.2, 0) is 27.1 Å². The molecule has 0 atom stereocenters. The number of hydrogen-bond acceptors (Lipinski definition) is 5. The number of esters is 1. The Labute approximate surface area is 184 Å². The minimum atomic E-state index is -4.48. The fourth-order valence-electron chi connectivity index (χ4n) is 2.68. The van der Waals surface area contributed by atoms with Crippen molar-refractivity contribution in [1.82, 2.24) is 4.98 Å². The van der Waals surface area contributed by atoms with E-state index in [1.165, 1.54) is 43.3 Å². The molecule has 1 heterocycles. The highest BCUT2D eigenvalue weighted by Gasteiger charge is 2.30. The normalized spacial score (nSPS) is 11.5. The quantitative estimate of drug-likeness (QED) is 0.265. The third-order valence-corrected chi connectivity index (χ3v) is 5.00. The number of carbonyl (C=O) groups is 2. The number of alkyl halides is 3. The maximum Gasteiger partial charge on any atom is 0.416 e. The van der Waals surface area contributed by atoms with Crippen molar-refractivity contribution in [2.75, 3.05) is 4.90 Å². The van der Waals surface area contributed by atoms with Crippen LogP contribution in [-0.4, -0.2) is 16.9 Å². The van der Waals surface area contributed by atoms with Crippen molar-refractivity contribution in [3.05, 3.63) is 82.6 Å². The molecule has 3 aromatic rings. The van der Waals surface area contributed by atoms with E-state index in [0.29, 0.717) is 5.69 Å². The van der Waals surface area contributed by atoms with Gasteiger partial charge in [0, 0.05) is 18.4 Å². The molecule has 1 amide bonds. The summed E-state index contributed by atoms with van der Waals surface area (Å²) in [6.07, 6.45) is -2.27. The fraction of sp³-hybridized carbons (Fsp3) is 0.136. The van der Waals surface area contributed by atoms with Crippen molar-refractivity contribution in [2.45, 2.75) is 19.7 Å². The number of nitrogens with zero attached hydrogens (tertiary/aromatic N) is 2. The molecule has 10 heteroatoms. The summed E-state index contributed by atoms with van der Waals surface area (Å²) in [5.74, 6) is -1.82. The Balaban J connectivity index is 1.65. The molecule has 1 aromatic heterocycles. The van der Waals surface area contributed by atoms with Gasteiger partial charge in [-0.1, -0.05) is 24.3 Å². The van der Waals surface area contributed by atoms with Gasteiger partial charge in [-0.05, 0) is 35.9 Å². The number of ether oxygens (including phenoxy) is 1. The Hall–Kier alpha value is -3.53. The SMILES string of the molecule is CC(=O)N(c1nc(COC(=O)/C=C/c2cccc(C(F)(F)F)c2)cs1)c1ccccc1F. The second kappa shape index (κ2) is 9.73. The first-order chi connectivity index (χ1) is 15.1. The lowest BCUT2D eigenvalue weighted by Gasteiger charge is -2.18. The van der Waals surface area contributed by atoms with Crippen LogP contribution in [0, 0.1) is 5.82 Å². The summed E-state index contributed by atoms with van der Waals surface area (Å²) in [5.41, 5.74) is -0.266. The number of benzene rings is 2. The third-order valence-electron chi connectivity index (χ3n) is 4.13. The second-order valence-electron chi connectivity index (χ2n) is 6.49. The molecule has 0 saturated carbocycles. The van der Waals surface area contributed by atoms with Crippen LogP contribution in [0.4, 0.5) is 28.4 Å². The van der Waals surface area contributed by atoms with Crippen LogP contribution in [0.5, 0.6) is 0 Å². The summed E-state index contributed by atoms with van der Waals surface area (Å²) < 4.78 is 57.4. The fourth-order valence-corrected chi connectivity index (χ4v) is 3.55. The zero-order valence-corrected chi connectivity index (χ0v) is 17.4. The van der Waals surface area contributed by atoms with Crippen LogP contribution >= 0.6 is 11.3 Å². The Kier molecular flexibility index (Phi) is 7.04. The molecule has 5 nitrogen and oxygen atoms in total. The van der Waals surface area contributed by atoms with Crippen molar-refractivity contribution in [3.63, 3.8) is 0 Å². The van der Waals surface area contributed by atoms with Crippen molar-refractivity contribution in [3.8, 4) is 0 Å². The van der Waals surface area contributed by atoms with E-state index >= 15 is 0 Å². The lowest BCUT2D eigenvalue weighted by Crippen LogP contribution is -2.23. The molecule has 0 unspecified atom stereocenters. The Morgan fingerprint density at radius 2 is 1.91 bits per heavy atom. The summed E-state index contributed by atoms with van der Waals surface area (Å²) >= 11 is 1.07. The van der Waals surface area contributed by atoms with Gasteiger partial charge in [-0.25, -0.2) is 14.2 Å². The molecule has 166 valence electrons. The minimum absolute atomic E-state index is 0.0434. The van der Waals surface area contributed by atoms with Crippen LogP contribution in [0.1, 0.15) is 23.7 Å². The highest BCUT2D eigenvalue weighted by molar-refractivity contribution is 7.14. The molecule has 0 bridgehead atoms. The van der Waals surface area contributed by atoms with Crippen LogP contribution < -0.4 is 4.90 Å². The predicted octanol–water partition coefficient (Wildman–Crippen LogP) is 5.74. The van der Waals surface area contributed by atoms with E-state index in [1.807, 2.05) is 0 Å². The maximum absolute atomic E-state index is 14.1. The molecular formula is C22H16F4N2O3S. The standard InChI is InChI=1S/C22H16F4N2O3S/c1-14(29)28(19-8-3-2-7-18(19)23)21-27-17(13-32-21)12-31-20(30)10-9-15-5-4-6-16(11-15)22(24,25)26/h2-11,13H,12H2,1H3/b10-9+. The van der Waals surface area contributed by atoms with Gasteiger partial charge in [0.1, 0.15) is 12.4 Å². The molecule has 32 heavy (non-hydrogen) atoms. The van der Waals surface area contributed by atoms with Crippen molar-refractivity contribution >= 4 is 40.1 Å². The number of hydrogen-bond donors (Lipinski definition) is 0. The molecule has 3 rings (SSSR count). The minimum Gasteiger partial charge on any atom is -0.456 e. The molecule has 2 aromatic carbocycles. The number of para-hydroxylation sites is 1. The van der Waals surface area contributed by atoms with Gasteiger partial charge in [-0.15, -0.1) is 11.3 Å². The zero-order chi connectivity index (χ0) is 23.3. The zero-order valence-electron chi connectivity index (χ0n) is 16.6. The lowest BCUT2D eigenvalue weighted by molar-refractivity contribution is -0.139. The molecule has 0 aliphatic heterocycles. The van der Waals surface area contributed by atoms with Gasteiger partial charge in [0.05, 0.1) is 16.9 Å². The van der Waals surface area contributed by atoms with Gasteiger partial charge in [0.15, 0.2) is 5.13 Å². The van der Waals surface area contributed by atoms with E-state index in [4.69, 9.17) is 4.74 Å². The van der Waals surface area contributed by atoms with Crippen LogP contribution in [0.15, 0.2) is 60.0 Å². The van der Waals surface area contributed by atoms with E-state index in [9.17, 15) is 27.2 Å². The third kappa shape index (κ3) is 5.79. The number of thiazole rings is 1. The summed E-state index contributed by atoms with van der Waals surface area (Å²) in [5, 5.41) is 1.75. The van der Waals surface area contributed by atoms with Gasteiger partial charge in [0.25, 0.3) is 0 Å². The maximum atomic E-state index is 14.1. The molecule has 0 fully saturated rings. The lowest BCUT2D eigenvalue weighted by atomic mass is 10.1. The summed E-state index contributed by atoms with van der Waals surface area (Å²) in [7, 11) is 0. The van der Waals surface area contributed by atoms with E-state index in [0.717, 1.165) is 34.4 Å². The number of carbonyl (C=O) groups excluding carboxylic acids is 2. The largest absolute Gasteiger partial charge is 0.456 e. The highest BCUT2D eigenvalue weighted by atomic mass is 32.1. The monoisotopic (exact) mass is 464 g/mol. The first-order valence-electron chi connectivity index (χ1n) is 9.17. The number of halogens is 4. The van der Waals surface area contributed by atoms with Crippen molar-refractivity contribution in [1.29, 1.82) is 0 Å². The first kappa shape index (κ1) is 23.1. The second-order valence-corrected chi connectivity index (χ2v) is 7.33. The number of rotatable bonds is 6. The average molecular weight is 464 g/mol. The Bertz CT molecular complexity index is 1160.